The Morgan fingerprint density at radius 1 is 0.846 bits per heavy atom. The summed E-state index contributed by atoms with van der Waals surface area (Å²) in [6.07, 6.45) is 0. The Hall–Kier alpha value is -3.74. The van der Waals surface area contributed by atoms with Crippen molar-refractivity contribution in [3.8, 4) is 11.5 Å². The first-order chi connectivity index (χ1) is 12.7. The maximum absolute atomic E-state index is 12.2. The maximum Gasteiger partial charge on any atom is 0.337 e. The average Bonchev–Trinajstić information content (AvgIpc) is 3.14. The van der Waals surface area contributed by atoms with Crippen molar-refractivity contribution in [3.05, 3.63) is 66.2 Å². The molecule has 0 bridgehead atoms. The lowest BCUT2D eigenvalue weighted by Crippen LogP contribution is -2.43. The highest BCUT2D eigenvalue weighted by Gasteiger charge is 2.16. The molecule has 7 nitrogen and oxygen atoms in total. The molecule has 0 atom stereocenters. The molecular formula is C19H15N3O4. The lowest BCUT2D eigenvalue weighted by atomic mass is 10.1. The van der Waals surface area contributed by atoms with Crippen LogP contribution in [0, 0.1) is 0 Å². The minimum Gasteiger partial charge on any atom is -0.454 e. The largest absolute Gasteiger partial charge is 0.454 e. The number of nitrogens with one attached hydrogen (secondary N) is 3. The van der Waals surface area contributed by atoms with Crippen LogP contribution in [0.3, 0.4) is 0 Å². The third kappa shape index (κ3) is 3.10. The molecular weight excluding hydrogens is 334 g/mol. The van der Waals surface area contributed by atoms with E-state index in [2.05, 4.69) is 16.2 Å². The Bertz CT molecular complexity index is 998. The summed E-state index contributed by atoms with van der Waals surface area (Å²) in [4.78, 5) is 24.3. The fourth-order valence-electron chi connectivity index (χ4n) is 2.71. The van der Waals surface area contributed by atoms with Gasteiger partial charge in [0, 0.05) is 10.9 Å². The van der Waals surface area contributed by atoms with Gasteiger partial charge in [-0.1, -0.05) is 36.4 Å². The molecule has 3 N–H and O–H groups in total. The number of benzene rings is 3. The van der Waals surface area contributed by atoms with E-state index >= 15 is 0 Å². The van der Waals surface area contributed by atoms with Crippen LogP contribution < -0.4 is 25.6 Å². The highest BCUT2D eigenvalue weighted by atomic mass is 16.7. The summed E-state index contributed by atoms with van der Waals surface area (Å²) < 4.78 is 10.4. The third-order valence-electron chi connectivity index (χ3n) is 3.96. The summed E-state index contributed by atoms with van der Waals surface area (Å²) >= 11 is 0. The van der Waals surface area contributed by atoms with E-state index in [4.69, 9.17) is 9.47 Å². The van der Waals surface area contributed by atoms with Crippen LogP contribution in [-0.2, 0) is 0 Å². The Morgan fingerprint density at radius 2 is 1.65 bits per heavy atom. The van der Waals surface area contributed by atoms with Crippen molar-refractivity contribution in [2.75, 3.05) is 12.1 Å². The number of carbonyl (C=O) groups excluding carboxylic acids is 2. The molecule has 3 aromatic carbocycles. The Kier molecular flexibility index (Phi) is 4.03. The molecule has 0 saturated heterocycles. The number of fused-ring (bicyclic) bond motifs is 2. The topological polar surface area (TPSA) is 88.7 Å². The highest BCUT2D eigenvalue weighted by Crippen LogP contribution is 2.32. The number of hydrazine groups is 1. The summed E-state index contributed by atoms with van der Waals surface area (Å²) in [6.45, 7) is 0.131. The molecule has 3 amide bonds. The van der Waals surface area contributed by atoms with Gasteiger partial charge in [0.1, 0.15) is 0 Å². The average molecular weight is 349 g/mol. The van der Waals surface area contributed by atoms with Gasteiger partial charge < -0.3 is 14.8 Å². The van der Waals surface area contributed by atoms with Gasteiger partial charge in [0.15, 0.2) is 11.5 Å². The van der Waals surface area contributed by atoms with Gasteiger partial charge in [-0.3, -0.25) is 10.2 Å². The van der Waals surface area contributed by atoms with E-state index in [-0.39, 0.29) is 6.79 Å². The minimum absolute atomic E-state index is 0.131. The second-order valence-electron chi connectivity index (χ2n) is 5.63. The van der Waals surface area contributed by atoms with Crippen LogP contribution in [0.1, 0.15) is 10.4 Å². The van der Waals surface area contributed by atoms with Crippen LogP contribution in [0.5, 0.6) is 11.5 Å². The van der Waals surface area contributed by atoms with E-state index in [9.17, 15) is 9.59 Å². The second kappa shape index (κ2) is 6.64. The molecule has 1 aliphatic rings. The first-order valence-corrected chi connectivity index (χ1v) is 7.95. The van der Waals surface area contributed by atoms with E-state index in [0.717, 1.165) is 10.8 Å². The molecule has 0 aliphatic carbocycles. The zero-order valence-corrected chi connectivity index (χ0v) is 13.6. The SMILES string of the molecule is O=C(NNC(=O)c1ccc2c(c1)OCO2)Nc1cccc2ccccc12. The molecule has 0 unspecified atom stereocenters. The number of hydrogen-bond donors (Lipinski definition) is 3. The van der Waals surface area contributed by atoms with Gasteiger partial charge in [0.05, 0.1) is 5.69 Å². The number of amides is 3. The second-order valence-corrected chi connectivity index (χ2v) is 5.63. The summed E-state index contributed by atoms with van der Waals surface area (Å²) in [5.74, 6) is 0.623. The number of urea groups is 1. The van der Waals surface area contributed by atoms with E-state index < -0.39 is 11.9 Å². The van der Waals surface area contributed by atoms with Gasteiger partial charge in [0.2, 0.25) is 6.79 Å². The monoisotopic (exact) mass is 349 g/mol. The zero-order valence-electron chi connectivity index (χ0n) is 13.6. The summed E-state index contributed by atoms with van der Waals surface area (Å²) in [6, 6.07) is 17.5. The quantitative estimate of drug-likeness (QED) is 0.621. The fraction of sp³-hybridized carbons (Fsp3) is 0.0526. The predicted octanol–water partition coefficient (Wildman–Crippen LogP) is 3.04. The normalized spacial score (nSPS) is 11.8. The van der Waals surface area contributed by atoms with Gasteiger partial charge in [-0.05, 0) is 29.7 Å². The molecule has 26 heavy (non-hydrogen) atoms. The van der Waals surface area contributed by atoms with Crippen molar-refractivity contribution >= 4 is 28.4 Å². The van der Waals surface area contributed by atoms with Crippen molar-refractivity contribution in [2.24, 2.45) is 0 Å². The maximum atomic E-state index is 12.2. The number of anilines is 1. The number of rotatable bonds is 2. The minimum atomic E-state index is -0.546. The van der Waals surface area contributed by atoms with Gasteiger partial charge >= 0.3 is 6.03 Å². The van der Waals surface area contributed by atoms with Gasteiger partial charge in [-0.2, -0.15) is 0 Å². The summed E-state index contributed by atoms with van der Waals surface area (Å²) in [7, 11) is 0. The molecule has 1 heterocycles. The highest BCUT2D eigenvalue weighted by molar-refractivity contribution is 6.02. The van der Waals surface area contributed by atoms with Crippen LogP contribution in [0.25, 0.3) is 10.8 Å². The first-order valence-electron chi connectivity index (χ1n) is 7.95. The molecule has 0 saturated carbocycles. The fourth-order valence-corrected chi connectivity index (χ4v) is 2.71. The Labute approximate surface area is 148 Å². The molecule has 1 aliphatic heterocycles. The van der Waals surface area contributed by atoms with E-state index in [1.54, 1.807) is 24.3 Å². The molecule has 130 valence electrons. The summed E-state index contributed by atoms with van der Waals surface area (Å²) in [5, 5.41) is 4.64. The first kappa shape index (κ1) is 15.8. The van der Waals surface area contributed by atoms with Gasteiger partial charge in [0.25, 0.3) is 5.91 Å². The standard InChI is InChI=1S/C19H15N3O4/c23-18(13-8-9-16-17(10-13)26-11-25-16)21-22-19(24)20-15-7-3-5-12-4-1-2-6-14(12)15/h1-10H,11H2,(H,21,23)(H2,20,22,24). The molecule has 4 rings (SSSR count). The lowest BCUT2D eigenvalue weighted by Gasteiger charge is -2.11. The molecule has 0 fully saturated rings. The van der Waals surface area contributed by atoms with E-state index in [1.165, 1.54) is 0 Å². The van der Waals surface area contributed by atoms with Crippen LogP contribution in [-0.4, -0.2) is 18.7 Å². The van der Waals surface area contributed by atoms with E-state index in [1.807, 2.05) is 36.4 Å². The van der Waals surface area contributed by atoms with Crippen LogP contribution in [0.15, 0.2) is 60.7 Å². The van der Waals surface area contributed by atoms with Crippen molar-refractivity contribution < 1.29 is 19.1 Å². The Morgan fingerprint density at radius 3 is 2.58 bits per heavy atom. The molecule has 3 aromatic rings. The molecule has 0 spiro atoms. The molecule has 7 heteroatoms. The molecule has 0 aromatic heterocycles. The van der Waals surface area contributed by atoms with Crippen LogP contribution in [0.4, 0.5) is 10.5 Å². The van der Waals surface area contributed by atoms with Crippen molar-refractivity contribution in [1.82, 2.24) is 10.9 Å². The third-order valence-corrected chi connectivity index (χ3v) is 3.96. The zero-order chi connectivity index (χ0) is 17.9. The number of carbonyl (C=O) groups is 2. The lowest BCUT2D eigenvalue weighted by molar-refractivity contribution is 0.0937. The Balaban J connectivity index is 1.40. The van der Waals surface area contributed by atoms with Crippen molar-refractivity contribution in [1.29, 1.82) is 0 Å². The smallest absolute Gasteiger partial charge is 0.337 e. The summed E-state index contributed by atoms with van der Waals surface area (Å²) in [5.41, 5.74) is 5.70. The van der Waals surface area contributed by atoms with Crippen LogP contribution >= 0.6 is 0 Å². The molecule has 0 radical (unpaired) electrons. The van der Waals surface area contributed by atoms with Gasteiger partial charge in [-0.25, -0.2) is 10.2 Å². The number of ether oxygens (including phenoxy) is 2. The number of hydrogen-bond acceptors (Lipinski definition) is 4. The van der Waals surface area contributed by atoms with Crippen LogP contribution in [0.2, 0.25) is 0 Å². The van der Waals surface area contributed by atoms with Gasteiger partial charge in [-0.15, -0.1) is 0 Å². The van der Waals surface area contributed by atoms with Crippen molar-refractivity contribution in [3.63, 3.8) is 0 Å². The predicted molar refractivity (Wildman–Crippen MR) is 96.1 cm³/mol. The van der Waals surface area contributed by atoms with E-state index in [0.29, 0.717) is 22.7 Å². The van der Waals surface area contributed by atoms with Crippen molar-refractivity contribution in [2.45, 2.75) is 0 Å².